The highest BCUT2D eigenvalue weighted by atomic mass is 19.4. The average molecular weight is 197 g/mol. The first kappa shape index (κ1) is 10.8. The van der Waals surface area contributed by atoms with Crippen LogP contribution >= 0.6 is 0 Å². The summed E-state index contributed by atoms with van der Waals surface area (Å²) in [6.07, 6.45) is -2.26. The van der Waals surface area contributed by atoms with Crippen LogP contribution in [0.25, 0.3) is 0 Å². The Morgan fingerprint density at radius 1 is 1.31 bits per heavy atom. The van der Waals surface area contributed by atoms with Crippen molar-refractivity contribution >= 4 is 0 Å². The van der Waals surface area contributed by atoms with Crippen LogP contribution in [-0.4, -0.2) is 30.5 Å². The molecule has 2 unspecified atom stereocenters. The molecule has 0 amide bonds. The smallest absolute Gasteiger partial charge is 0.393 e. The van der Waals surface area contributed by atoms with E-state index in [1.165, 1.54) is 0 Å². The fourth-order valence-corrected chi connectivity index (χ4v) is 1.65. The normalized spacial score (nSPS) is 29.5. The van der Waals surface area contributed by atoms with Gasteiger partial charge >= 0.3 is 6.18 Å². The van der Waals surface area contributed by atoms with Crippen molar-refractivity contribution in [2.45, 2.75) is 31.5 Å². The molecule has 5 heteroatoms. The van der Waals surface area contributed by atoms with Crippen molar-refractivity contribution in [1.82, 2.24) is 5.32 Å². The van der Waals surface area contributed by atoms with E-state index in [4.69, 9.17) is 5.11 Å². The van der Waals surface area contributed by atoms with Crippen molar-refractivity contribution in [1.29, 1.82) is 0 Å². The Morgan fingerprint density at radius 3 is 2.46 bits per heavy atom. The minimum Gasteiger partial charge on any atom is -0.393 e. The zero-order valence-electron chi connectivity index (χ0n) is 7.27. The third-order valence-electron chi connectivity index (χ3n) is 2.27. The van der Waals surface area contributed by atoms with Gasteiger partial charge in [0.2, 0.25) is 0 Å². The summed E-state index contributed by atoms with van der Waals surface area (Å²) in [5, 5.41) is 11.5. The molecule has 2 atom stereocenters. The van der Waals surface area contributed by atoms with Crippen LogP contribution in [0.2, 0.25) is 0 Å². The van der Waals surface area contributed by atoms with Gasteiger partial charge in [0.25, 0.3) is 0 Å². The third kappa shape index (κ3) is 4.47. The summed E-state index contributed by atoms with van der Waals surface area (Å²) in [6.45, 7) is -0.573. The molecular formula is C8H14F3NO. The Kier molecular flexibility index (Phi) is 3.55. The van der Waals surface area contributed by atoms with Gasteiger partial charge in [-0.25, -0.2) is 0 Å². The number of halogens is 3. The number of alkyl halides is 3. The Bertz CT molecular complexity index is 160. The van der Waals surface area contributed by atoms with Gasteiger partial charge in [0.05, 0.1) is 12.6 Å². The highest BCUT2D eigenvalue weighted by Gasteiger charge is 2.28. The standard InChI is InChI=1S/C8H14F3NO/c9-8(10,11)5-12-4-6-1-2-7(13)3-6/h6-7,12-13H,1-5H2. The third-order valence-corrected chi connectivity index (χ3v) is 2.27. The first-order valence-electron chi connectivity index (χ1n) is 4.43. The van der Waals surface area contributed by atoms with Gasteiger partial charge < -0.3 is 10.4 Å². The van der Waals surface area contributed by atoms with Gasteiger partial charge in [0.1, 0.15) is 0 Å². The molecule has 0 spiro atoms. The van der Waals surface area contributed by atoms with Crippen LogP contribution in [0.4, 0.5) is 13.2 Å². The summed E-state index contributed by atoms with van der Waals surface area (Å²) in [5.74, 6) is 0.206. The van der Waals surface area contributed by atoms with Gasteiger partial charge in [-0.1, -0.05) is 0 Å². The summed E-state index contributed by atoms with van der Waals surface area (Å²) in [4.78, 5) is 0. The zero-order valence-corrected chi connectivity index (χ0v) is 7.27. The van der Waals surface area contributed by atoms with Gasteiger partial charge in [0, 0.05) is 0 Å². The lowest BCUT2D eigenvalue weighted by molar-refractivity contribution is -0.125. The Hall–Kier alpha value is -0.290. The second-order valence-electron chi connectivity index (χ2n) is 3.58. The van der Waals surface area contributed by atoms with Gasteiger partial charge in [-0.15, -0.1) is 0 Å². The average Bonchev–Trinajstić information content (AvgIpc) is 2.33. The lowest BCUT2D eigenvalue weighted by Crippen LogP contribution is -2.32. The largest absolute Gasteiger partial charge is 0.401 e. The van der Waals surface area contributed by atoms with Crippen LogP contribution in [-0.2, 0) is 0 Å². The van der Waals surface area contributed by atoms with E-state index < -0.39 is 12.7 Å². The lowest BCUT2D eigenvalue weighted by atomic mass is 10.1. The molecule has 1 fully saturated rings. The van der Waals surface area contributed by atoms with E-state index in [-0.39, 0.29) is 12.0 Å². The Labute approximate surface area is 75.1 Å². The van der Waals surface area contributed by atoms with Gasteiger partial charge in [-0.05, 0) is 31.7 Å². The van der Waals surface area contributed by atoms with E-state index in [2.05, 4.69) is 5.32 Å². The highest BCUT2D eigenvalue weighted by molar-refractivity contribution is 4.76. The first-order valence-corrected chi connectivity index (χ1v) is 4.43. The molecule has 78 valence electrons. The maximum atomic E-state index is 11.7. The van der Waals surface area contributed by atoms with Crippen LogP contribution in [0.3, 0.4) is 0 Å². The molecule has 0 aromatic rings. The van der Waals surface area contributed by atoms with Crippen molar-refractivity contribution in [3.63, 3.8) is 0 Å². The van der Waals surface area contributed by atoms with E-state index in [1.807, 2.05) is 0 Å². The molecule has 0 aromatic carbocycles. The Balaban J connectivity index is 2.07. The molecular weight excluding hydrogens is 183 g/mol. The number of rotatable bonds is 3. The van der Waals surface area contributed by atoms with E-state index >= 15 is 0 Å². The number of nitrogens with one attached hydrogen (secondary N) is 1. The van der Waals surface area contributed by atoms with E-state index in [0.717, 1.165) is 12.8 Å². The number of aliphatic hydroxyl groups is 1. The molecule has 13 heavy (non-hydrogen) atoms. The minimum absolute atomic E-state index is 0.206. The maximum absolute atomic E-state index is 11.7. The van der Waals surface area contributed by atoms with Crippen LogP contribution in [0, 0.1) is 5.92 Å². The second-order valence-corrected chi connectivity index (χ2v) is 3.58. The number of hydrogen-bond donors (Lipinski definition) is 2. The fraction of sp³-hybridized carbons (Fsp3) is 1.00. The number of aliphatic hydroxyl groups excluding tert-OH is 1. The first-order chi connectivity index (χ1) is 5.97. The topological polar surface area (TPSA) is 32.3 Å². The van der Waals surface area contributed by atoms with Crippen molar-refractivity contribution in [2.24, 2.45) is 5.92 Å². The predicted molar refractivity (Wildman–Crippen MR) is 42.3 cm³/mol. The SMILES string of the molecule is OC1CCC(CNCC(F)(F)F)C1. The number of hydrogen-bond acceptors (Lipinski definition) is 2. The molecule has 0 bridgehead atoms. The molecule has 0 saturated heterocycles. The molecule has 1 aliphatic rings. The maximum Gasteiger partial charge on any atom is 0.401 e. The molecule has 2 N–H and O–H groups in total. The quantitative estimate of drug-likeness (QED) is 0.714. The molecule has 0 heterocycles. The summed E-state index contributed by atoms with van der Waals surface area (Å²) in [7, 11) is 0. The van der Waals surface area contributed by atoms with Gasteiger partial charge in [-0.2, -0.15) is 13.2 Å². The second kappa shape index (κ2) is 4.28. The highest BCUT2D eigenvalue weighted by Crippen LogP contribution is 2.24. The monoisotopic (exact) mass is 197 g/mol. The molecule has 0 aliphatic heterocycles. The molecule has 0 aromatic heterocycles. The molecule has 1 saturated carbocycles. The van der Waals surface area contributed by atoms with Crippen molar-refractivity contribution in [2.75, 3.05) is 13.1 Å². The molecule has 0 radical (unpaired) electrons. The predicted octanol–water partition coefficient (Wildman–Crippen LogP) is 1.30. The summed E-state index contributed by atoms with van der Waals surface area (Å²) in [5.41, 5.74) is 0. The van der Waals surface area contributed by atoms with Gasteiger partial charge in [-0.3, -0.25) is 0 Å². The van der Waals surface area contributed by atoms with Crippen LogP contribution in [0.15, 0.2) is 0 Å². The summed E-state index contributed by atoms with van der Waals surface area (Å²) in [6, 6.07) is 0. The zero-order chi connectivity index (χ0) is 9.90. The molecule has 2 nitrogen and oxygen atoms in total. The molecule has 1 aliphatic carbocycles. The Morgan fingerprint density at radius 2 is 2.00 bits per heavy atom. The van der Waals surface area contributed by atoms with E-state index in [0.29, 0.717) is 13.0 Å². The minimum atomic E-state index is -4.13. The fourth-order valence-electron chi connectivity index (χ4n) is 1.65. The van der Waals surface area contributed by atoms with Crippen LogP contribution < -0.4 is 5.32 Å². The van der Waals surface area contributed by atoms with Crippen LogP contribution in [0.5, 0.6) is 0 Å². The van der Waals surface area contributed by atoms with Crippen molar-refractivity contribution in [3.8, 4) is 0 Å². The van der Waals surface area contributed by atoms with Crippen molar-refractivity contribution < 1.29 is 18.3 Å². The summed E-state index contributed by atoms with van der Waals surface area (Å²) >= 11 is 0. The van der Waals surface area contributed by atoms with E-state index in [1.54, 1.807) is 0 Å². The van der Waals surface area contributed by atoms with Gasteiger partial charge in [0.15, 0.2) is 0 Å². The van der Waals surface area contributed by atoms with E-state index in [9.17, 15) is 13.2 Å². The van der Waals surface area contributed by atoms with Crippen molar-refractivity contribution in [3.05, 3.63) is 0 Å². The summed E-state index contributed by atoms with van der Waals surface area (Å²) < 4.78 is 35.1. The van der Waals surface area contributed by atoms with Crippen LogP contribution in [0.1, 0.15) is 19.3 Å². The molecule has 1 rings (SSSR count). The lowest BCUT2D eigenvalue weighted by Gasteiger charge is -2.12.